The molecule has 0 radical (unpaired) electrons. The normalized spacial score (nSPS) is 12.3. The number of anilines is 1. The van der Waals surface area contributed by atoms with Crippen LogP contribution in [0.3, 0.4) is 0 Å². The van der Waals surface area contributed by atoms with Crippen LogP contribution in [0.2, 0.25) is 0 Å². The first kappa shape index (κ1) is 13.5. The standard InChI is InChI=1S/C15H18FN3/c1-2-18-14(12-4-3-5-13(16)10-12)8-11-6-7-19-15(17)9-11/h3-7,9-10,14,18H,2,8H2,1H3,(H2,17,19). The van der Waals surface area contributed by atoms with Gasteiger partial charge in [0, 0.05) is 12.2 Å². The SMILES string of the molecule is CCNC(Cc1ccnc(N)c1)c1cccc(F)c1. The molecule has 1 aromatic carbocycles. The molecule has 0 aliphatic carbocycles. The van der Waals surface area contributed by atoms with Crippen molar-refractivity contribution >= 4 is 5.82 Å². The number of nitrogens with one attached hydrogen (secondary N) is 1. The molecule has 3 nitrogen and oxygen atoms in total. The Bertz CT molecular complexity index is 542. The van der Waals surface area contributed by atoms with E-state index in [1.807, 2.05) is 25.1 Å². The minimum absolute atomic E-state index is 0.0718. The molecule has 0 saturated carbocycles. The molecule has 4 heteroatoms. The summed E-state index contributed by atoms with van der Waals surface area (Å²) in [4.78, 5) is 3.98. The van der Waals surface area contributed by atoms with Crippen LogP contribution in [0.25, 0.3) is 0 Å². The molecular weight excluding hydrogens is 241 g/mol. The maximum absolute atomic E-state index is 13.3. The Hall–Kier alpha value is -1.94. The summed E-state index contributed by atoms with van der Waals surface area (Å²) in [5.74, 6) is 0.293. The lowest BCUT2D eigenvalue weighted by atomic mass is 9.99. The van der Waals surface area contributed by atoms with Crippen LogP contribution in [-0.4, -0.2) is 11.5 Å². The monoisotopic (exact) mass is 259 g/mol. The average Bonchev–Trinajstić information content (AvgIpc) is 2.38. The summed E-state index contributed by atoms with van der Waals surface area (Å²) in [5, 5.41) is 3.37. The second-order valence-electron chi connectivity index (χ2n) is 4.46. The number of pyridine rings is 1. The van der Waals surface area contributed by atoms with Gasteiger partial charge in [0.25, 0.3) is 0 Å². The lowest BCUT2D eigenvalue weighted by Gasteiger charge is -2.18. The summed E-state index contributed by atoms with van der Waals surface area (Å²) in [6.07, 6.45) is 2.45. The lowest BCUT2D eigenvalue weighted by Crippen LogP contribution is -2.23. The van der Waals surface area contributed by atoms with Crippen molar-refractivity contribution in [3.05, 3.63) is 59.5 Å². The molecule has 3 N–H and O–H groups in total. The molecule has 19 heavy (non-hydrogen) atoms. The minimum Gasteiger partial charge on any atom is -0.384 e. The number of aromatic nitrogens is 1. The number of nitrogens with zero attached hydrogens (tertiary/aromatic N) is 1. The van der Waals surface area contributed by atoms with Crippen LogP contribution in [0.5, 0.6) is 0 Å². The van der Waals surface area contributed by atoms with E-state index in [1.54, 1.807) is 18.3 Å². The molecular formula is C15H18FN3. The van der Waals surface area contributed by atoms with Crippen molar-refractivity contribution in [2.75, 3.05) is 12.3 Å². The molecule has 1 atom stereocenters. The van der Waals surface area contributed by atoms with Crippen LogP contribution >= 0.6 is 0 Å². The van der Waals surface area contributed by atoms with Crippen molar-refractivity contribution in [3.8, 4) is 0 Å². The van der Waals surface area contributed by atoms with Gasteiger partial charge in [-0.1, -0.05) is 19.1 Å². The van der Waals surface area contributed by atoms with E-state index in [0.29, 0.717) is 5.82 Å². The fourth-order valence-corrected chi connectivity index (χ4v) is 2.13. The summed E-state index contributed by atoms with van der Waals surface area (Å²) < 4.78 is 13.3. The van der Waals surface area contributed by atoms with Gasteiger partial charge < -0.3 is 11.1 Å². The Labute approximate surface area is 112 Å². The van der Waals surface area contributed by atoms with Crippen LogP contribution < -0.4 is 11.1 Å². The Morgan fingerprint density at radius 2 is 2.16 bits per heavy atom. The van der Waals surface area contributed by atoms with E-state index in [-0.39, 0.29) is 11.9 Å². The number of halogens is 1. The molecule has 0 aliphatic rings. The molecule has 2 rings (SSSR count). The third kappa shape index (κ3) is 3.76. The van der Waals surface area contributed by atoms with Gasteiger partial charge in [0.2, 0.25) is 0 Å². The van der Waals surface area contributed by atoms with Gasteiger partial charge in [-0.15, -0.1) is 0 Å². The highest BCUT2D eigenvalue weighted by Crippen LogP contribution is 2.19. The number of likely N-dealkylation sites (N-methyl/N-ethyl adjacent to an activating group) is 1. The maximum Gasteiger partial charge on any atom is 0.123 e. The van der Waals surface area contributed by atoms with E-state index in [0.717, 1.165) is 24.1 Å². The van der Waals surface area contributed by atoms with Crippen molar-refractivity contribution in [2.24, 2.45) is 0 Å². The molecule has 100 valence electrons. The second-order valence-corrected chi connectivity index (χ2v) is 4.46. The Morgan fingerprint density at radius 1 is 1.32 bits per heavy atom. The zero-order valence-corrected chi connectivity index (χ0v) is 10.9. The van der Waals surface area contributed by atoms with E-state index in [4.69, 9.17) is 5.73 Å². The van der Waals surface area contributed by atoms with Crippen molar-refractivity contribution < 1.29 is 4.39 Å². The van der Waals surface area contributed by atoms with E-state index in [2.05, 4.69) is 10.3 Å². The highest BCUT2D eigenvalue weighted by atomic mass is 19.1. The molecule has 2 aromatic rings. The van der Waals surface area contributed by atoms with Crippen molar-refractivity contribution in [2.45, 2.75) is 19.4 Å². The molecule has 0 amide bonds. The van der Waals surface area contributed by atoms with Gasteiger partial charge in [-0.05, 0) is 48.4 Å². The summed E-state index contributed by atoms with van der Waals surface area (Å²) in [7, 11) is 0. The molecule has 0 bridgehead atoms. The van der Waals surface area contributed by atoms with Gasteiger partial charge in [0.05, 0.1) is 0 Å². The third-order valence-corrected chi connectivity index (χ3v) is 2.99. The zero-order chi connectivity index (χ0) is 13.7. The predicted octanol–water partition coefficient (Wildman–Crippen LogP) is 2.70. The lowest BCUT2D eigenvalue weighted by molar-refractivity contribution is 0.542. The summed E-state index contributed by atoms with van der Waals surface area (Å²) in [5.41, 5.74) is 7.71. The average molecular weight is 259 g/mol. The summed E-state index contributed by atoms with van der Waals surface area (Å²) >= 11 is 0. The maximum atomic E-state index is 13.3. The van der Waals surface area contributed by atoms with Crippen molar-refractivity contribution in [3.63, 3.8) is 0 Å². The van der Waals surface area contributed by atoms with Crippen LogP contribution in [0.15, 0.2) is 42.6 Å². The van der Waals surface area contributed by atoms with Crippen LogP contribution in [0, 0.1) is 5.82 Å². The van der Waals surface area contributed by atoms with Gasteiger partial charge >= 0.3 is 0 Å². The number of hydrogen-bond acceptors (Lipinski definition) is 3. The number of hydrogen-bond donors (Lipinski definition) is 2. The molecule has 0 aliphatic heterocycles. The number of nitrogen functional groups attached to an aromatic ring is 1. The second kappa shape index (κ2) is 6.29. The zero-order valence-electron chi connectivity index (χ0n) is 10.9. The van der Waals surface area contributed by atoms with E-state index < -0.39 is 0 Å². The van der Waals surface area contributed by atoms with Gasteiger partial charge in [-0.2, -0.15) is 0 Å². The number of benzene rings is 1. The van der Waals surface area contributed by atoms with Crippen molar-refractivity contribution in [1.29, 1.82) is 0 Å². The minimum atomic E-state index is -0.213. The van der Waals surface area contributed by atoms with Crippen molar-refractivity contribution in [1.82, 2.24) is 10.3 Å². The topological polar surface area (TPSA) is 50.9 Å². The Morgan fingerprint density at radius 3 is 2.84 bits per heavy atom. The number of nitrogens with two attached hydrogens (primary N) is 1. The third-order valence-electron chi connectivity index (χ3n) is 2.99. The van der Waals surface area contributed by atoms with Gasteiger partial charge in [-0.25, -0.2) is 9.37 Å². The van der Waals surface area contributed by atoms with E-state index in [9.17, 15) is 4.39 Å². The quantitative estimate of drug-likeness (QED) is 0.868. The number of rotatable bonds is 5. The van der Waals surface area contributed by atoms with Crippen LogP contribution in [-0.2, 0) is 6.42 Å². The highest BCUT2D eigenvalue weighted by molar-refractivity contribution is 5.33. The smallest absolute Gasteiger partial charge is 0.123 e. The van der Waals surface area contributed by atoms with E-state index in [1.165, 1.54) is 6.07 Å². The Kier molecular flexibility index (Phi) is 4.47. The first-order valence-electron chi connectivity index (χ1n) is 6.38. The summed E-state index contributed by atoms with van der Waals surface area (Å²) in [6, 6.07) is 10.5. The molecule has 1 heterocycles. The molecule has 0 saturated heterocycles. The van der Waals surface area contributed by atoms with Crippen LogP contribution in [0.4, 0.5) is 10.2 Å². The first-order chi connectivity index (χ1) is 9.19. The van der Waals surface area contributed by atoms with Gasteiger partial charge in [0.15, 0.2) is 0 Å². The predicted molar refractivity (Wildman–Crippen MR) is 75.2 cm³/mol. The molecule has 1 aromatic heterocycles. The molecule has 0 fully saturated rings. The van der Waals surface area contributed by atoms with Crippen LogP contribution in [0.1, 0.15) is 24.1 Å². The van der Waals surface area contributed by atoms with Gasteiger partial charge in [0.1, 0.15) is 11.6 Å². The Balaban J connectivity index is 2.21. The fraction of sp³-hybridized carbons (Fsp3) is 0.267. The molecule has 1 unspecified atom stereocenters. The molecule has 0 spiro atoms. The van der Waals surface area contributed by atoms with Gasteiger partial charge in [-0.3, -0.25) is 0 Å². The first-order valence-corrected chi connectivity index (χ1v) is 6.38. The fourth-order valence-electron chi connectivity index (χ4n) is 2.13. The largest absolute Gasteiger partial charge is 0.384 e. The highest BCUT2D eigenvalue weighted by Gasteiger charge is 2.12. The van der Waals surface area contributed by atoms with E-state index >= 15 is 0 Å². The summed E-state index contributed by atoms with van der Waals surface area (Å²) in [6.45, 7) is 2.86.